The van der Waals surface area contributed by atoms with Crippen molar-refractivity contribution in [2.45, 2.75) is 26.2 Å². The fourth-order valence-corrected chi connectivity index (χ4v) is 2.69. The molecule has 1 aliphatic rings. The summed E-state index contributed by atoms with van der Waals surface area (Å²) in [4.78, 5) is 16.8. The summed E-state index contributed by atoms with van der Waals surface area (Å²) in [6.45, 7) is 6.16. The molecule has 1 aromatic carbocycles. The van der Waals surface area contributed by atoms with Crippen molar-refractivity contribution in [1.29, 1.82) is 0 Å². The number of hydrogen-bond donors (Lipinski definition) is 2. The number of rotatable bonds is 5. The van der Waals surface area contributed by atoms with Crippen LogP contribution in [0.4, 0.5) is 4.39 Å². The first-order valence-corrected chi connectivity index (χ1v) is 8.44. The molecule has 1 aromatic heterocycles. The maximum atomic E-state index is 13.5. The standard InChI is InChI=1S/C18H22FN5O.ClH/c1-12(2)17-22-16(18(25)21-11-13-6-8-20-9-7-13)23-24(17)15-5-3-4-14(19)10-15;/h3-6,10,12,20H,7-9,11H2,1-2H3,(H,21,25);1H. The van der Waals surface area contributed by atoms with Gasteiger partial charge in [0.2, 0.25) is 5.82 Å². The van der Waals surface area contributed by atoms with Gasteiger partial charge in [-0.25, -0.2) is 14.1 Å². The van der Waals surface area contributed by atoms with Gasteiger partial charge in [-0.15, -0.1) is 17.5 Å². The van der Waals surface area contributed by atoms with E-state index in [2.05, 4.69) is 26.8 Å². The van der Waals surface area contributed by atoms with Gasteiger partial charge in [-0.3, -0.25) is 4.79 Å². The zero-order chi connectivity index (χ0) is 17.8. The number of hydrogen-bond acceptors (Lipinski definition) is 4. The molecule has 3 rings (SSSR count). The molecule has 0 fully saturated rings. The average Bonchev–Trinajstić information content (AvgIpc) is 3.06. The van der Waals surface area contributed by atoms with Gasteiger partial charge in [0, 0.05) is 19.0 Å². The molecule has 0 atom stereocenters. The summed E-state index contributed by atoms with van der Waals surface area (Å²) in [6.07, 6.45) is 3.00. The van der Waals surface area contributed by atoms with Gasteiger partial charge in [-0.2, -0.15) is 0 Å². The van der Waals surface area contributed by atoms with E-state index in [1.54, 1.807) is 12.1 Å². The van der Waals surface area contributed by atoms with E-state index in [9.17, 15) is 9.18 Å². The van der Waals surface area contributed by atoms with E-state index in [4.69, 9.17) is 0 Å². The molecule has 2 N–H and O–H groups in total. The molecule has 0 radical (unpaired) electrons. The van der Waals surface area contributed by atoms with Gasteiger partial charge in [0.25, 0.3) is 5.91 Å². The van der Waals surface area contributed by atoms with Crippen LogP contribution in [0.2, 0.25) is 0 Å². The maximum Gasteiger partial charge on any atom is 0.291 e. The van der Waals surface area contributed by atoms with Gasteiger partial charge < -0.3 is 10.6 Å². The number of carbonyl (C=O) groups excluding carboxylic acids is 1. The lowest BCUT2D eigenvalue weighted by Crippen LogP contribution is -2.30. The minimum Gasteiger partial charge on any atom is -0.346 e. The lowest BCUT2D eigenvalue weighted by molar-refractivity contribution is 0.0946. The van der Waals surface area contributed by atoms with E-state index in [-0.39, 0.29) is 35.9 Å². The molecule has 0 unspecified atom stereocenters. The fourth-order valence-electron chi connectivity index (χ4n) is 2.69. The Kier molecular flexibility index (Phi) is 6.88. The van der Waals surface area contributed by atoms with Crippen molar-refractivity contribution in [1.82, 2.24) is 25.4 Å². The highest BCUT2D eigenvalue weighted by atomic mass is 35.5. The van der Waals surface area contributed by atoms with Crippen LogP contribution < -0.4 is 10.6 Å². The van der Waals surface area contributed by atoms with Crippen LogP contribution in [0.3, 0.4) is 0 Å². The highest BCUT2D eigenvalue weighted by Crippen LogP contribution is 2.18. The second-order valence-corrected chi connectivity index (χ2v) is 6.34. The summed E-state index contributed by atoms with van der Waals surface area (Å²) >= 11 is 0. The van der Waals surface area contributed by atoms with E-state index >= 15 is 0 Å². The molecule has 140 valence electrons. The molecule has 6 nitrogen and oxygen atoms in total. The molecule has 0 spiro atoms. The van der Waals surface area contributed by atoms with Crippen LogP contribution in [0.25, 0.3) is 5.69 Å². The van der Waals surface area contributed by atoms with Crippen molar-refractivity contribution in [3.8, 4) is 5.69 Å². The van der Waals surface area contributed by atoms with E-state index in [1.165, 1.54) is 22.4 Å². The predicted octanol–water partition coefficient (Wildman–Crippen LogP) is 2.60. The van der Waals surface area contributed by atoms with Gasteiger partial charge in [0.15, 0.2) is 0 Å². The number of carbonyl (C=O) groups is 1. The molecule has 2 heterocycles. The number of amides is 1. The van der Waals surface area contributed by atoms with Crippen molar-refractivity contribution in [2.75, 3.05) is 19.6 Å². The second kappa shape index (κ2) is 8.91. The van der Waals surface area contributed by atoms with E-state index < -0.39 is 0 Å². The van der Waals surface area contributed by atoms with Crippen molar-refractivity contribution in [2.24, 2.45) is 0 Å². The zero-order valence-electron chi connectivity index (χ0n) is 14.8. The molecule has 2 aromatic rings. The number of halogens is 2. The lowest BCUT2D eigenvalue weighted by atomic mass is 10.1. The third-order valence-corrected chi connectivity index (χ3v) is 4.04. The van der Waals surface area contributed by atoms with Gasteiger partial charge in [-0.05, 0) is 31.2 Å². The SMILES string of the molecule is CC(C)c1nc(C(=O)NCC2=CCNCC2)nn1-c1cccc(F)c1.Cl. The first-order chi connectivity index (χ1) is 12.0. The Morgan fingerprint density at radius 3 is 2.88 bits per heavy atom. The maximum absolute atomic E-state index is 13.5. The fraction of sp³-hybridized carbons (Fsp3) is 0.389. The first-order valence-electron chi connectivity index (χ1n) is 8.44. The molecular formula is C18H23ClFN5O. The van der Waals surface area contributed by atoms with Gasteiger partial charge >= 0.3 is 0 Å². The Bertz CT molecular complexity index is 803. The smallest absolute Gasteiger partial charge is 0.291 e. The Balaban J connectivity index is 0.00000243. The average molecular weight is 380 g/mol. The summed E-state index contributed by atoms with van der Waals surface area (Å²) in [7, 11) is 0. The van der Waals surface area contributed by atoms with E-state index in [0.717, 1.165) is 19.5 Å². The van der Waals surface area contributed by atoms with E-state index in [1.807, 2.05) is 13.8 Å². The molecule has 0 bridgehead atoms. The Hall–Kier alpha value is -2.25. The quantitative estimate of drug-likeness (QED) is 0.783. The van der Waals surface area contributed by atoms with Crippen molar-refractivity contribution >= 4 is 18.3 Å². The summed E-state index contributed by atoms with van der Waals surface area (Å²) in [5, 5.41) is 10.4. The Labute approximate surface area is 158 Å². The Morgan fingerprint density at radius 2 is 2.23 bits per heavy atom. The topological polar surface area (TPSA) is 71.8 Å². The number of benzene rings is 1. The van der Waals surface area contributed by atoms with Gasteiger partial charge in [0.05, 0.1) is 5.69 Å². The van der Waals surface area contributed by atoms with Crippen molar-refractivity contribution in [3.63, 3.8) is 0 Å². The van der Waals surface area contributed by atoms with Crippen LogP contribution in [0, 0.1) is 5.82 Å². The third kappa shape index (κ3) is 4.68. The molecule has 0 saturated heterocycles. The lowest BCUT2D eigenvalue weighted by Gasteiger charge is -2.13. The summed E-state index contributed by atoms with van der Waals surface area (Å²) in [6, 6.07) is 6.10. The van der Waals surface area contributed by atoms with Crippen LogP contribution in [0.5, 0.6) is 0 Å². The predicted molar refractivity (Wildman–Crippen MR) is 101 cm³/mol. The van der Waals surface area contributed by atoms with Crippen LogP contribution >= 0.6 is 12.4 Å². The van der Waals surface area contributed by atoms with E-state index in [0.29, 0.717) is 18.1 Å². The highest BCUT2D eigenvalue weighted by Gasteiger charge is 2.19. The molecule has 0 saturated carbocycles. The molecule has 8 heteroatoms. The summed E-state index contributed by atoms with van der Waals surface area (Å²) in [5.41, 5.74) is 1.75. The number of nitrogens with one attached hydrogen (secondary N) is 2. The molecule has 0 aliphatic carbocycles. The number of aromatic nitrogens is 3. The number of nitrogens with zero attached hydrogens (tertiary/aromatic N) is 3. The van der Waals surface area contributed by atoms with Crippen LogP contribution in [0.15, 0.2) is 35.9 Å². The zero-order valence-corrected chi connectivity index (χ0v) is 15.6. The van der Waals surface area contributed by atoms with Crippen LogP contribution in [0.1, 0.15) is 42.6 Å². The molecule has 26 heavy (non-hydrogen) atoms. The Morgan fingerprint density at radius 1 is 1.42 bits per heavy atom. The van der Waals surface area contributed by atoms with Crippen LogP contribution in [-0.4, -0.2) is 40.3 Å². The van der Waals surface area contributed by atoms with Crippen molar-refractivity contribution < 1.29 is 9.18 Å². The third-order valence-electron chi connectivity index (χ3n) is 4.04. The minimum atomic E-state index is -0.355. The summed E-state index contributed by atoms with van der Waals surface area (Å²) in [5.74, 6) is 0.0896. The van der Waals surface area contributed by atoms with Crippen molar-refractivity contribution in [3.05, 3.63) is 53.4 Å². The monoisotopic (exact) mass is 379 g/mol. The summed E-state index contributed by atoms with van der Waals surface area (Å²) < 4.78 is 15.1. The van der Waals surface area contributed by atoms with Crippen LogP contribution in [-0.2, 0) is 0 Å². The largest absolute Gasteiger partial charge is 0.346 e. The minimum absolute atomic E-state index is 0. The van der Waals surface area contributed by atoms with Gasteiger partial charge in [0.1, 0.15) is 11.6 Å². The highest BCUT2D eigenvalue weighted by molar-refractivity contribution is 5.90. The molecular weight excluding hydrogens is 357 g/mol. The normalized spacial score (nSPS) is 13.9. The molecule has 1 amide bonds. The first kappa shape index (κ1) is 20.1. The second-order valence-electron chi connectivity index (χ2n) is 6.34. The molecule has 1 aliphatic heterocycles. The van der Waals surface area contributed by atoms with Gasteiger partial charge in [-0.1, -0.05) is 31.6 Å².